The molecule has 0 saturated carbocycles. The monoisotopic (exact) mass is 433 g/mol. The summed E-state index contributed by atoms with van der Waals surface area (Å²) in [6.45, 7) is 3.58. The number of nitrogens with one attached hydrogen (secondary N) is 1. The van der Waals surface area contributed by atoms with Gasteiger partial charge in [-0.15, -0.1) is 0 Å². The van der Waals surface area contributed by atoms with Gasteiger partial charge in [0.05, 0.1) is 17.1 Å². The van der Waals surface area contributed by atoms with Gasteiger partial charge in [0.25, 0.3) is 10.0 Å². The summed E-state index contributed by atoms with van der Waals surface area (Å²) in [7, 11) is -3.81. The highest BCUT2D eigenvalue weighted by molar-refractivity contribution is 9.11. The Morgan fingerprint density at radius 2 is 1.86 bits per heavy atom. The van der Waals surface area contributed by atoms with Crippen LogP contribution < -0.4 is 10.5 Å². The molecule has 0 amide bonds. The molecule has 3 N–H and O–H groups in total. The Balaban J connectivity index is 2.48. The molecule has 0 saturated heterocycles. The third-order valence-corrected chi connectivity index (χ3v) is 5.60. The first kappa shape index (κ1) is 16.3. The van der Waals surface area contributed by atoms with Crippen LogP contribution in [0.15, 0.2) is 38.1 Å². The molecule has 0 aliphatic rings. The second kappa shape index (κ2) is 5.94. The minimum atomic E-state index is -3.81. The van der Waals surface area contributed by atoms with Gasteiger partial charge in [-0.3, -0.25) is 9.71 Å². The number of nitrogens with zero attached hydrogens (tertiary/aromatic N) is 1. The average molecular weight is 435 g/mol. The van der Waals surface area contributed by atoms with E-state index in [0.717, 1.165) is 5.69 Å². The van der Waals surface area contributed by atoms with Crippen LogP contribution in [0.4, 0.5) is 11.4 Å². The van der Waals surface area contributed by atoms with E-state index in [1.54, 1.807) is 31.2 Å². The molecule has 0 unspecified atom stereocenters. The van der Waals surface area contributed by atoms with Gasteiger partial charge in [0.2, 0.25) is 0 Å². The summed E-state index contributed by atoms with van der Waals surface area (Å²) in [6, 6.07) is 6.59. The van der Waals surface area contributed by atoms with Crippen LogP contribution in [0.5, 0.6) is 0 Å². The Morgan fingerprint density at radius 1 is 1.19 bits per heavy atom. The van der Waals surface area contributed by atoms with E-state index in [-0.39, 0.29) is 10.6 Å². The summed E-state index contributed by atoms with van der Waals surface area (Å²) >= 11 is 6.50. The normalized spacial score (nSPS) is 11.4. The quantitative estimate of drug-likeness (QED) is 0.722. The van der Waals surface area contributed by atoms with Crippen molar-refractivity contribution in [2.75, 3.05) is 10.5 Å². The molecule has 8 heteroatoms. The number of nitrogens with two attached hydrogens (primary N) is 1. The van der Waals surface area contributed by atoms with E-state index in [1.807, 2.05) is 6.92 Å². The Hall–Kier alpha value is -1.12. The lowest BCUT2D eigenvalue weighted by Crippen LogP contribution is -2.16. The largest absolute Gasteiger partial charge is 0.398 e. The second-order valence-electron chi connectivity index (χ2n) is 4.50. The Bertz CT molecular complexity index is 784. The zero-order valence-electron chi connectivity index (χ0n) is 11.3. The number of aromatic nitrogens is 1. The maximum atomic E-state index is 12.5. The Morgan fingerprint density at radius 3 is 2.43 bits per heavy atom. The van der Waals surface area contributed by atoms with Crippen molar-refractivity contribution in [3.63, 3.8) is 0 Å². The van der Waals surface area contributed by atoms with Crippen LogP contribution in [-0.2, 0) is 10.0 Å². The number of sulfonamides is 1. The van der Waals surface area contributed by atoms with Crippen molar-refractivity contribution < 1.29 is 8.42 Å². The number of pyridine rings is 1. The molecule has 0 fully saturated rings. The molecule has 2 rings (SSSR count). The first-order valence-electron chi connectivity index (χ1n) is 5.92. The zero-order valence-corrected chi connectivity index (χ0v) is 15.3. The van der Waals surface area contributed by atoms with Crippen LogP contribution >= 0.6 is 31.9 Å². The van der Waals surface area contributed by atoms with E-state index in [9.17, 15) is 8.42 Å². The predicted molar refractivity (Wildman–Crippen MR) is 90.8 cm³/mol. The molecule has 21 heavy (non-hydrogen) atoms. The molecule has 112 valence electrons. The van der Waals surface area contributed by atoms with Crippen molar-refractivity contribution in [3.05, 3.63) is 44.6 Å². The molecule has 5 nitrogen and oxygen atoms in total. The average Bonchev–Trinajstić information content (AvgIpc) is 2.30. The standard InChI is InChI=1S/C13H13Br2N3O2S/c1-7-3-4-12(8(2)17-7)18-21(19,20)13-10(15)5-9(14)6-11(13)16/h3-6,18H,16H2,1-2H3. The number of anilines is 2. The smallest absolute Gasteiger partial charge is 0.265 e. The van der Waals surface area contributed by atoms with Gasteiger partial charge < -0.3 is 5.73 Å². The van der Waals surface area contributed by atoms with Crippen LogP contribution in [0.3, 0.4) is 0 Å². The summed E-state index contributed by atoms with van der Waals surface area (Å²) < 4.78 is 28.7. The Labute approximate surface area is 140 Å². The van der Waals surface area contributed by atoms with Gasteiger partial charge in [-0.25, -0.2) is 8.42 Å². The fourth-order valence-corrected chi connectivity index (χ4v) is 5.04. The molecule has 0 aliphatic heterocycles. The van der Waals surface area contributed by atoms with E-state index in [1.165, 1.54) is 0 Å². The molecular formula is C13H13Br2N3O2S. The minimum Gasteiger partial charge on any atom is -0.398 e. The third-order valence-electron chi connectivity index (χ3n) is 2.78. The van der Waals surface area contributed by atoms with E-state index in [0.29, 0.717) is 20.3 Å². The molecule has 0 bridgehead atoms. The van der Waals surface area contributed by atoms with Crippen molar-refractivity contribution in [3.8, 4) is 0 Å². The molecule has 0 atom stereocenters. The maximum absolute atomic E-state index is 12.5. The van der Waals surface area contributed by atoms with E-state index < -0.39 is 10.0 Å². The van der Waals surface area contributed by atoms with Crippen LogP contribution in [0.25, 0.3) is 0 Å². The number of benzene rings is 1. The molecule has 0 spiro atoms. The molecule has 2 aromatic rings. The number of rotatable bonds is 3. The van der Waals surface area contributed by atoms with E-state index in [4.69, 9.17) is 5.73 Å². The molecule has 0 aliphatic carbocycles. The SMILES string of the molecule is Cc1ccc(NS(=O)(=O)c2c(N)cc(Br)cc2Br)c(C)n1. The highest BCUT2D eigenvalue weighted by Crippen LogP contribution is 2.33. The summed E-state index contributed by atoms with van der Waals surface area (Å²) in [4.78, 5) is 4.24. The van der Waals surface area contributed by atoms with E-state index >= 15 is 0 Å². The van der Waals surface area contributed by atoms with Gasteiger partial charge in [-0.1, -0.05) is 15.9 Å². The highest BCUT2D eigenvalue weighted by Gasteiger charge is 2.22. The van der Waals surface area contributed by atoms with Crippen molar-refractivity contribution >= 4 is 53.3 Å². The first-order valence-corrected chi connectivity index (χ1v) is 8.99. The lowest BCUT2D eigenvalue weighted by atomic mass is 10.3. The third kappa shape index (κ3) is 3.56. The maximum Gasteiger partial charge on any atom is 0.265 e. The summed E-state index contributed by atoms with van der Waals surface area (Å²) in [5.74, 6) is 0. The molecule has 1 heterocycles. The second-order valence-corrected chi connectivity index (χ2v) is 7.89. The molecule has 1 aromatic carbocycles. The lowest BCUT2D eigenvalue weighted by Gasteiger charge is -2.13. The molecule has 1 aromatic heterocycles. The minimum absolute atomic E-state index is 0.00525. The number of aryl methyl sites for hydroxylation is 2. The fraction of sp³-hybridized carbons (Fsp3) is 0.154. The summed E-state index contributed by atoms with van der Waals surface area (Å²) in [5.41, 5.74) is 7.83. The summed E-state index contributed by atoms with van der Waals surface area (Å²) in [5, 5.41) is 0. The molecular weight excluding hydrogens is 422 g/mol. The van der Waals surface area contributed by atoms with Crippen LogP contribution in [-0.4, -0.2) is 13.4 Å². The van der Waals surface area contributed by atoms with Crippen molar-refractivity contribution in [1.29, 1.82) is 0 Å². The van der Waals surface area contributed by atoms with Gasteiger partial charge in [0, 0.05) is 14.6 Å². The van der Waals surface area contributed by atoms with Gasteiger partial charge in [-0.05, 0) is 54.0 Å². The van der Waals surface area contributed by atoms with Crippen LogP contribution in [0.2, 0.25) is 0 Å². The Kier molecular flexibility index (Phi) is 4.60. The van der Waals surface area contributed by atoms with Gasteiger partial charge in [0.1, 0.15) is 4.90 Å². The first-order chi connectivity index (χ1) is 9.70. The zero-order chi connectivity index (χ0) is 15.8. The predicted octanol–water partition coefficient (Wildman–Crippen LogP) is 3.61. The van der Waals surface area contributed by atoms with Gasteiger partial charge in [-0.2, -0.15) is 0 Å². The number of nitrogen functional groups attached to an aromatic ring is 1. The molecule has 0 radical (unpaired) electrons. The topological polar surface area (TPSA) is 85.1 Å². The summed E-state index contributed by atoms with van der Waals surface area (Å²) in [6.07, 6.45) is 0. The van der Waals surface area contributed by atoms with Crippen molar-refractivity contribution in [1.82, 2.24) is 4.98 Å². The number of halogens is 2. The van der Waals surface area contributed by atoms with Crippen LogP contribution in [0, 0.1) is 13.8 Å². The highest BCUT2D eigenvalue weighted by atomic mass is 79.9. The van der Waals surface area contributed by atoms with Gasteiger partial charge >= 0.3 is 0 Å². The van der Waals surface area contributed by atoms with Crippen molar-refractivity contribution in [2.24, 2.45) is 0 Å². The van der Waals surface area contributed by atoms with Crippen molar-refractivity contribution in [2.45, 2.75) is 18.7 Å². The lowest BCUT2D eigenvalue weighted by molar-refractivity contribution is 0.601. The fourth-order valence-electron chi connectivity index (χ4n) is 1.85. The van der Waals surface area contributed by atoms with Crippen LogP contribution in [0.1, 0.15) is 11.4 Å². The van der Waals surface area contributed by atoms with Gasteiger partial charge in [0.15, 0.2) is 0 Å². The number of hydrogen-bond acceptors (Lipinski definition) is 4. The van der Waals surface area contributed by atoms with E-state index in [2.05, 4.69) is 41.6 Å². The number of hydrogen-bond donors (Lipinski definition) is 2.